The monoisotopic (exact) mass is 272 g/mol. The summed E-state index contributed by atoms with van der Waals surface area (Å²) in [5.41, 5.74) is 1.90. The molecule has 1 aromatic rings. The van der Waals surface area contributed by atoms with Gasteiger partial charge >= 0.3 is 0 Å². The van der Waals surface area contributed by atoms with Crippen molar-refractivity contribution < 1.29 is 4.74 Å². The Morgan fingerprint density at radius 2 is 2.10 bits per heavy atom. The van der Waals surface area contributed by atoms with Crippen LogP contribution in [0.3, 0.4) is 0 Å². The zero-order chi connectivity index (χ0) is 14.4. The third-order valence-corrected chi connectivity index (χ3v) is 4.50. The van der Waals surface area contributed by atoms with E-state index in [1.807, 2.05) is 24.3 Å². The van der Waals surface area contributed by atoms with Crippen LogP contribution in [0, 0.1) is 11.3 Å². The second kappa shape index (κ2) is 6.88. The van der Waals surface area contributed by atoms with E-state index in [9.17, 15) is 0 Å². The number of hydrogen-bond donors (Lipinski definition) is 1. The molecular formula is C17H24N2O. The summed E-state index contributed by atoms with van der Waals surface area (Å²) in [5.74, 6) is 0. The molecule has 0 aromatic heterocycles. The fraction of sp³-hybridized carbons (Fsp3) is 0.588. The molecule has 3 heteroatoms. The minimum atomic E-state index is 0.0463. The van der Waals surface area contributed by atoms with E-state index in [4.69, 9.17) is 10.00 Å². The smallest absolute Gasteiger partial charge is 0.0995 e. The molecule has 1 saturated heterocycles. The lowest BCUT2D eigenvalue weighted by Crippen LogP contribution is -2.46. The molecule has 20 heavy (non-hydrogen) atoms. The summed E-state index contributed by atoms with van der Waals surface area (Å²) in [7, 11) is 0. The molecule has 1 atom stereocenters. The first-order valence-corrected chi connectivity index (χ1v) is 7.58. The Kier molecular flexibility index (Phi) is 5.17. The summed E-state index contributed by atoms with van der Waals surface area (Å²) < 4.78 is 6.00. The lowest BCUT2D eigenvalue weighted by atomic mass is 9.86. The molecule has 1 unspecified atom stereocenters. The molecule has 1 aliphatic heterocycles. The molecular weight excluding hydrogens is 248 g/mol. The van der Waals surface area contributed by atoms with Crippen LogP contribution in [-0.4, -0.2) is 18.2 Å². The van der Waals surface area contributed by atoms with Crippen molar-refractivity contribution in [3.05, 3.63) is 35.4 Å². The Morgan fingerprint density at radius 1 is 1.35 bits per heavy atom. The summed E-state index contributed by atoms with van der Waals surface area (Å²) in [4.78, 5) is 0. The van der Waals surface area contributed by atoms with Gasteiger partial charge in [0.25, 0.3) is 0 Å². The third-order valence-electron chi connectivity index (χ3n) is 4.50. The first kappa shape index (κ1) is 15.0. The van der Waals surface area contributed by atoms with Crippen LogP contribution < -0.4 is 5.32 Å². The van der Waals surface area contributed by atoms with Crippen molar-refractivity contribution in [2.75, 3.05) is 6.61 Å². The molecule has 108 valence electrons. The fourth-order valence-corrected chi connectivity index (χ4v) is 2.98. The van der Waals surface area contributed by atoms with Gasteiger partial charge in [-0.3, -0.25) is 0 Å². The quantitative estimate of drug-likeness (QED) is 0.893. The van der Waals surface area contributed by atoms with E-state index in [2.05, 4.69) is 25.2 Å². The molecule has 2 rings (SSSR count). The number of benzene rings is 1. The van der Waals surface area contributed by atoms with E-state index in [-0.39, 0.29) is 5.60 Å². The highest BCUT2D eigenvalue weighted by atomic mass is 16.5. The van der Waals surface area contributed by atoms with E-state index in [1.165, 1.54) is 0 Å². The number of ether oxygens (including phenoxy) is 1. The van der Waals surface area contributed by atoms with Crippen molar-refractivity contribution >= 4 is 0 Å². The van der Waals surface area contributed by atoms with Crippen LogP contribution in [0.25, 0.3) is 0 Å². The first-order valence-electron chi connectivity index (χ1n) is 7.58. The van der Waals surface area contributed by atoms with E-state index in [0.717, 1.165) is 50.0 Å². The van der Waals surface area contributed by atoms with Crippen LogP contribution in [0.4, 0.5) is 0 Å². The Bertz CT molecular complexity index is 474. The molecule has 0 saturated carbocycles. The van der Waals surface area contributed by atoms with Crippen molar-refractivity contribution in [1.29, 1.82) is 5.26 Å². The zero-order valence-corrected chi connectivity index (χ0v) is 12.5. The average molecular weight is 272 g/mol. The molecule has 0 spiro atoms. The third kappa shape index (κ3) is 3.39. The van der Waals surface area contributed by atoms with Gasteiger partial charge in [0, 0.05) is 19.2 Å². The lowest BCUT2D eigenvalue weighted by Gasteiger charge is -2.40. The summed E-state index contributed by atoms with van der Waals surface area (Å²) in [6, 6.07) is 10.5. The number of nitrogens with zero attached hydrogens (tertiary/aromatic N) is 1. The van der Waals surface area contributed by atoms with Gasteiger partial charge in [0.15, 0.2) is 0 Å². The Labute approximate surface area is 121 Å². The van der Waals surface area contributed by atoms with E-state index < -0.39 is 0 Å². The maximum atomic E-state index is 9.12. The van der Waals surface area contributed by atoms with Gasteiger partial charge in [-0.1, -0.05) is 32.0 Å². The van der Waals surface area contributed by atoms with Gasteiger partial charge in [-0.25, -0.2) is 0 Å². The van der Waals surface area contributed by atoms with Crippen LogP contribution >= 0.6 is 0 Å². The highest BCUT2D eigenvalue weighted by Crippen LogP contribution is 2.31. The minimum Gasteiger partial charge on any atom is -0.375 e. The molecule has 1 aliphatic rings. The number of rotatable bonds is 5. The molecule has 3 nitrogen and oxygen atoms in total. The maximum Gasteiger partial charge on any atom is 0.0995 e. The van der Waals surface area contributed by atoms with Crippen molar-refractivity contribution in [3.8, 4) is 6.07 Å². The summed E-state index contributed by atoms with van der Waals surface area (Å²) in [6.07, 6.45) is 4.25. The van der Waals surface area contributed by atoms with Gasteiger partial charge in [-0.2, -0.15) is 5.26 Å². The van der Waals surface area contributed by atoms with Crippen LogP contribution in [0.2, 0.25) is 0 Å². The van der Waals surface area contributed by atoms with Crippen molar-refractivity contribution in [3.63, 3.8) is 0 Å². The second-order valence-electron chi connectivity index (χ2n) is 5.58. The number of nitrogens with one attached hydrogen (secondary N) is 1. The van der Waals surface area contributed by atoms with Gasteiger partial charge < -0.3 is 10.1 Å². The van der Waals surface area contributed by atoms with E-state index in [0.29, 0.717) is 6.04 Å². The van der Waals surface area contributed by atoms with Gasteiger partial charge in [0.2, 0.25) is 0 Å². The van der Waals surface area contributed by atoms with Crippen LogP contribution in [0.15, 0.2) is 24.3 Å². The van der Waals surface area contributed by atoms with Gasteiger partial charge in [0.1, 0.15) is 0 Å². The summed E-state index contributed by atoms with van der Waals surface area (Å²) >= 11 is 0. The van der Waals surface area contributed by atoms with E-state index in [1.54, 1.807) is 0 Å². The van der Waals surface area contributed by atoms with Crippen LogP contribution in [0.5, 0.6) is 0 Å². The SMILES string of the molecule is CCC1(CC)CC(NCc2ccccc2C#N)CCO1. The Morgan fingerprint density at radius 3 is 2.80 bits per heavy atom. The predicted octanol–water partition coefficient (Wildman–Crippen LogP) is 3.39. The molecule has 0 aliphatic carbocycles. The van der Waals surface area contributed by atoms with Gasteiger partial charge in [-0.05, 0) is 37.3 Å². The normalized spacial score (nSPS) is 21.4. The van der Waals surface area contributed by atoms with Gasteiger partial charge in [0.05, 0.1) is 17.2 Å². The van der Waals surface area contributed by atoms with Crippen LogP contribution in [0.1, 0.15) is 50.7 Å². The summed E-state index contributed by atoms with van der Waals surface area (Å²) in [6.45, 7) is 6.00. The average Bonchev–Trinajstić information content (AvgIpc) is 2.53. The molecule has 1 N–H and O–H groups in total. The Balaban J connectivity index is 1.96. The fourth-order valence-electron chi connectivity index (χ4n) is 2.98. The highest BCUT2D eigenvalue weighted by Gasteiger charge is 2.34. The van der Waals surface area contributed by atoms with E-state index >= 15 is 0 Å². The minimum absolute atomic E-state index is 0.0463. The molecule has 0 bridgehead atoms. The second-order valence-corrected chi connectivity index (χ2v) is 5.58. The standard InChI is InChI=1S/C17H24N2O/c1-3-17(4-2)11-16(9-10-20-17)19-13-15-8-6-5-7-14(15)12-18/h5-8,16,19H,3-4,9-11,13H2,1-2H3. The Hall–Kier alpha value is -1.37. The summed E-state index contributed by atoms with van der Waals surface area (Å²) in [5, 5.41) is 12.7. The van der Waals surface area contributed by atoms with Crippen LogP contribution in [-0.2, 0) is 11.3 Å². The molecule has 1 aromatic carbocycles. The molecule has 0 radical (unpaired) electrons. The first-order chi connectivity index (χ1) is 9.73. The number of nitriles is 1. The molecule has 1 fully saturated rings. The molecule has 0 amide bonds. The van der Waals surface area contributed by atoms with Crippen molar-refractivity contribution in [1.82, 2.24) is 5.32 Å². The largest absolute Gasteiger partial charge is 0.375 e. The lowest BCUT2D eigenvalue weighted by molar-refractivity contribution is -0.0932. The maximum absolute atomic E-state index is 9.12. The number of hydrogen-bond acceptors (Lipinski definition) is 3. The predicted molar refractivity (Wildman–Crippen MR) is 80.3 cm³/mol. The van der Waals surface area contributed by atoms with Crippen molar-refractivity contribution in [2.24, 2.45) is 0 Å². The topological polar surface area (TPSA) is 45.0 Å². The van der Waals surface area contributed by atoms with Crippen molar-refractivity contribution in [2.45, 2.75) is 57.7 Å². The highest BCUT2D eigenvalue weighted by molar-refractivity contribution is 5.37. The van der Waals surface area contributed by atoms with Gasteiger partial charge in [-0.15, -0.1) is 0 Å². The molecule has 1 heterocycles. The zero-order valence-electron chi connectivity index (χ0n) is 12.5.